The van der Waals surface area contributed by atoms with Crippen LogP contribution in [0.4, 0.5) is 0 Å². The largest absolute Gasteiger partial charge is 0.497 e. The van der Waals surface area contributed by atoms with Gasteiger partial charge in [-0.25, -0.2) is 11.3 Å². The molecule has 0 fully saturated rings. The fraction of sp³-hybridized carbons (Fsp3) is 0.174. The molecule has 4 rings (SSSR count). The smallest absolute Gasteiger partial charge is 0.264 e. The summed E-state index contributed by atoms with van der Waals surface area (Å²) in [7, 11) is 3.01. The number of nitriles is 1. The van der Waals surface area contributed by atoms with E-state index in [2.05, 4.69) is 15.8 Å². The summed E-state index contributed by atoms with van der Waals surface area (Å²) in [6.45, 7) is 0. The van der Waals surface area contributed by atoms with E-state index in [-0.39, 0.29) is 11.3 Å². The molecule has 2 aliphatic heterocycles. The minimum atomic E-state index is -1.69. The van der Waals surface area contributed by atoms with Gasteiger partial charge in [-0.1, -0.05) is 12.1 Å². The maximum Gasteiger partial charge on any atom is 0.264 e. The van der Waals surface area contributed by atoms with E-state index in [1.54, 1.807) is 54.6 Å². The van der Waals surface area contributed by atoms with Crippen molar-refractivity contribution < 1.29 is 23.9 Å². The Labute approximate surface area is 194 Å². The third-order valence-corrected chi connectivity index (χ3v) is 5.87. The lowest BCUT2D eigenvalue weighted by Crippen LogP contribution is -2.69. The zero-order valence-electron chi connectivity index (χ0n) is 18.2. The van der Waals surface area contributed by atoms with Crippen LogP contribution in [0.1, 0.15) is 11.1 Å². The number of benzene rings is 2. The van der Waals surface area contributed by atoms with Crippen molar-refractivity contribution >= 4 is 23.4 Å². The van der Waals surface area contributed by atoms with E-state index in [1.807, 2.05) is 5.43 Å². The Morgan fingerprint density at radius 2 is 1.68 bits per heavy atom. The first-order valence-corrected chi connectivity index (χ1v) is 10.1. The molecule has 11 heteroatoms. The quantitative estimate of drug-likeness (QED) is 0.272. The van der Waals surface area contributed by atoms with Crippen LogP contribution in [0.15, 0.2) is 64.8 Å². The third-order valence-electron chi connectivity index (χ3n) is 5.87. The fourth-order valence-corrected chi connectivity index (χ4v) is 4.36. The number of hydrogen-bond donors (Lipinski definition) is 4. The number of amides is 3. The highest BCUT2D eigenvalue weighted by molar-refractivity contribution is 6.25. The number of carbonyl (C=O) groups is 3. The predicted octanol–water partition coefficient (Wildman–Crippen LogP) is -0.216. The van der Waals surface area contributed by atoms with Gasteiger partial charge in [0.05, 0.1) is 25.5 Å². The number of nitrogens with zero attached hydrogens (tertiary/aromatic N) is 2. The Morgan fingerprint density at radius 3 is 2.21 bits per heavy atom. The van der Waals surface area contributed by atoms with Gasteiger partial charge in [-0.05, 0) is 47.5 Å². The minimum absolute atomic E-state index is 0.219. The summed E-state index contributed by atoms with van der Waals surface area (Å²) in [5.41, 5.74) is 3.11. The number of hydrogen-bond acceptors (Lipinski definition) is 8. The molecule has 0 saturated heterocycles. The first-order valence-electron chi connectivity index (χ1n) is 10.1. The lowest BCUT2D eigenvalue weighted by Gasteiger charge is -2.47. The summed E-state index contributed by atoms with van der Waals surface area (Å²) < 4.78 is 10.5. The number of nitrogens with two attached hydrogens (primary N) is 1. The van der Waals surface area contributed by atoms with E-state index in [4.69, 9.17) is 15.3 Å². The molecular formula is C23H20N6O5. The first-order chi connectivity index (χ1) is 16.4. The fourth-order valence-electron chi connectivity index (χ4n) is 4.36. The number of hydrazone groups is 1. The third kappa shape index (κ3) is 3.25. The molecule has 5 N–H and O–H groups in total. The molecule has 2 aliphatic rings. The Morgan fingerprint density at radius 1 is 1.09 bits per heavy atom. The molecule has 2 aromatic rings. The highest BCUT2D eigenvalue weighted by Crippen LogP contribution is 2.45. The van der Waals surface area contributed by atoms with Crippen LogP contribution in [-0.4, -0.2) is 43.7 Å². The number of methoxy groups -OCH3 is 2. The van der Waals surface area contributed by atoms with Gasteiger partial charge in [-0.3, -0.25) is 19.8 Å². The van der Waals surface area contributed by atoms with Crippen molar-refractivity contribution in [2.75, 3.05) is 14.2 Å². The lowest BCUT2D eigenvalue weighted by atomic mass is 9.60. The van der Waals surface area contributed by atoms with Crippen molar-refractivity contribution in [2.24, 2.45) is 10.9 Å². The average Bonchev–Trinajstić information content (AvgIpc) is 2.88. The van der Waals surface area contributed by atoms with Gasteiger partial charge in [0.1, 0.15) is 34.6 Å². The molecule has 2 aromatic carbocycles. The summed E-state index contributed by atoms with van der Waals surface area (Å²) in [5, 5.41) is 16.7. The summed E-state index contributed by atoms with van der Waals surface area (Å²) >= 11 is 0. The van der Waals surface area contributed by atoms with Crippen molar-refractivity contribution in [3.8, 4) is 17.6 Å². The van der Waals surface area contributed by atoms with Crippen LogP contribution >= 0.6 is 0 Å². The molecule has 11 nitrogen and oxygen atoms in total. The Balaban J connectivity index is 2.13. The second-order valence-corrected chi connectivity index (χ2v) is 7.44. The molecule has 172 valence electrons. The standard InChI is InChI=1S/C23H20N6O5/c1-33-14-7-3-12(4-8-14)18-23(13-5-9-15(34-2)10-6-13)17(21(31)27-25)16(11-24)20(30)26-19(23)22(32)29-28-18/h3-10,19H,25H2,1-2H3,(H,26,30)(H,27,31)(H,29,32)/t19-,23-/m1/s1. The Hall–Kier alpha value is -4.69. The van der Waals surface area contributed by atoms with E-state index < -0.39 is 34.8 Å². The molecule has 34 heavy (non-hydrogen) atoms. The van der Waals surface area contributed by atoms with Crippen LogP contribution in [0.3, 0.4) is 0 Å². The number of nitrogens with one attached hydrogen (secondary N) is 3. The Bertz CT molecular complexity index is 1280. The molecule has 3 amide bonds. The van der Waals surface area contributed by atoms with E-state index in [9.17, 15) is 19.6 Å². The van der Waals surface area contributed by atoms with Gasteiger partial charge < -0.3 is 14.8 Å². The van der Waals surface area contributed by atoms with Crippen LogP contribution in [-0.2, 0) is 19.8 Å². The number of hydrazine groups is 1. The van der Waals surface area contributed by atoms with Gasteiger partial charge >= 0.3 is 0 Å². The summed E-state index contributed by atoms with van der Waals surface area (Å²) in [6, 6.07) is 13.8. The topological polar surface area (TPSA) is 168 Å². The first kappa shape index (κ1) is 22.5. The molecular weight excluding hydrogens is 440 g/mol. The Kier molecular flexibility index (Phi) is 5.75. The van der Waals surface area contributed by atoms with Crippen LogP contribution in [0.25, 0.3) is 0 Å². The van der Waals surface area contributed by atoms with Crippen LogP contribution in [0, 0.1) is 11.3 Å². The maximum absolute atomic E-state index is 13.2. The van der Waals surface area contributed by atoms with Crippen molar-refractivity contribution in [1.82, 2.24) is 16.2 Å². The normalized spacial score (nSPS) is 21.4. The summed E-state index contributed by atoms with van der Waals surface area (Å²) in [4.78, 5) is 39.0. The van der Waals surface area contributed by atoms with Crippen molar-refractivity contribution in [1.29, 1.82) is 5.26 Å². The molecule has 0 aromatic heterocycles. The van der Waals surface area contributed by atoms with Crippen LogP contribution < -0.4 is 31.5 Å². The molecule has 0 aliphatic carbocycles. The molecule has 2 atom stereocenters. The van der Waals surface area contributed by atoms with Gasteiger partial charge in [0.2, 0.25) is 0 Å². The van der Waals surface area contributed by atoms with E-state index in [1.165, 1.54) is 14.2 Å². The molecule has 0 spiro atoms. The van der Waals surface area contributed by atoms with E-state index >= 15 is 0 Å². The number of carbonyl (C=O) groups excluding carboxylic acids is 3. The van der Waals surface area contributed by atoms with Crippen molar-refractivity contribution in [3.63, 3.8) is 0 Å². The minimum Gasteiger partial charge on any atom is -0.497 e. The second-order valence-electron chi connectivity index (χ2n) is 7.44. The zero-order valence-corrected chi connectivity index (χ0v) is 18.2. The summed E-state index contributed by atoms with van der Waals surface area (Å²) in [6.07, 6.45) is 0. The lowest BCUT2D eigenvalue weighted by molar-refractivity contribution is -0.130. The van der Waals surface area contributed by atoms with E-state index in [0.29, 0.717) is 22.6 Å². The van der Waals surface area contributed by atoms with Crippen molar-refractivity contribution in [2.45, 2.75) is 11.5 Å². The predicted molar refractivity (Wildman–Crippen MR) is 119 cm³/mol. The number of rotatable bonds is 5. The monoisotopic (exact) mass is 460 g/mol. The number of fused-ring (bicyclic) bond motifs is 1. The van der Waals surface area contributed by atoms with Crippen LogP contribution in [0.5, 0.6) is 11.5 Å². The molecule has 0 bridgehead atoms. The SMILES string of the molecule is COc1ccc(C2=NNC(=O)[C@H]3NC(=O)C(C#N)=C(C(=O)NN)[C@]23c2ccc(OC)cc2)cc1. The van der Waals surface area contributed by atoms with Gasteiger partial charge in [-0.2, -0.15) is 10.4 Å². The molecule has 0 unspecified atom stereocenters. The van der Waals surface area contributed by atoms with Gasteiger partial charge in [0.25, 0.3) is 17.7 Å². The van der Waals surface area contributed by atoms with Gasteiger partial charge in [0.15, 0.2) is 0 Å². The van der Waals surface area contributed by atoms with Gasteiger partial charge in [0, 0.05) is 0 Å². The van der Waals surface area contributed by atoms with Crippen LogP contribution in [0.2, 0.25) is 0 Å². The highest BCUT2D eigenvalue weighted by Gasteiger charge is 2.60. The second kappa shape index (κ2) is 8.68. The molecule has 0 radical (unpaired) electrons. The maximum atomic E-state index is 13.2. The van der Waals surface area contributed by atoms with Crippen molar-refractivity contribution in [3.05, 3.63) is 70.8 Å². The highest BCUT2D eigenvalue weighted by atomic mass is 16.5. The average molecular weight is 460 g/mol. The molecule has 2 heterocycles. The zero-order chi connectivity index (χ0) is 24.5. The number of ether oxygens (including phenoxy) is 2. The summed E-state index contributed by atoms with van der Waals surface area (Å²) in [5.74, 6) is 4.13. The van der Waals surface area contributed by atoms with Gasteiger partial charge in [-0.15, -0.1) is 0 Å². The molecule has 0 saturated carbocycles. The van der Waals surface area contributed by atoms with E-state index in [0.717, 1.165) is 0 Å².